The number of rotatable bonds is 5. The molecule has 17 heavy (non-hydrogen) atoms. The average molecular weight is 243 g/mol. The highest BCUT2D eigenvalue weighted by Crippen LogP contribution is 2.34. The normalized spacial score (nSPS) is 20.5. The number of hydrogen-bond donors (Lipinski definition) is 1. The van der Waals surface area contributed by atoms with Gasteiger partial charge in [-0.05, 0) is 47.0 Å². The first-order valence-electron chi connectivity index (χ1n) is 6.29. The summed E-state index contributed by atoms with van der Waals surface area (Å²) >= 11 is 0. The largest absolute Gasteiger partial charge is 0.459 e. The van der Waals surface area contributed by atoms with Crippen molar-refractivity contribution in [1.29, 1.82) is 0 Å². The second kappa shape index (κ2) is 5.36. The van der Waals surface area contributed by atoms with E-state index in [4.69, 9.17) is 9.47 Å². The van der Waals surface area contributed by atoms with Crippen LogP contribution in [-0.2, 0) is 14.3 Å². The zero-order chi connectivity index (χ0) is 13.1. The van der Waals surface area contributed by atoms with E-state index in [0.29, 0.717) is 6.54 Å². The number of esters is 1. The highest BCUT2D eigenvalue weighted by atomic mass is 16.6. The first-order valence-corrected chi connectivity index (χ1v) is 6.29. The molecule has 4 nitrogen and oxygen atoms in total. The van der Waals surface area contributed by atoms with Crippen LogP contribution in [0.3, 0.4) is 0 Å². The summed E-state index contributed by atoms with van der Waals surface area (Å²) in [6, 6.07) is -0.290. The number of carbonyl (C=O) groups is 1. The van der Waals surface area contributed by atoms with Crippen molar-refractivity contribution in [3.63, 3.8) is 0 Å². The molecular weight excluding hydrogens is 218 g/mol. The third kappa shape index (κ3) is 4.28. The molecule has 1 aliphatic rings. The first kappa shape index (κ1) is 14.5. The third-order valence-electron chi connectivity index (χ3n) is 3.19. The summed E-state index contributed by atoms with van der Waals surface area (Å²) in [6.45, 7) is 8.17. The molecule has 1 aliphatic carbocycles. The van der Waals surface area contributed by atoms with E-state index < -0.39 is 5.60 Å². The monoisotopic (exact) mass is 243 g/mol. The molecule has 0 heterocycles. The molecule has 0 amide bonds. The van der Waals surface area contributed by atoms with Crippen molar-refractivity contribution in [3.8, 4) is 0 Å². The van der Waals surface area contributed by atoms with Gasteiger partial charge in [0.15, 0.2) is 0 Å². The zero-order valence-electron chi connectivity index (χ0n) is 11.6. The van der Waals surface area contributed by atoms with Crippen molar-refractivity contribution in [2.75, 3.05) is 13.7 Å². The average Bonchev–Trinajstić information content (AvgIpc) is 2.13. The highest BCUT2D eigenvalue weighted by molar-refractivity contribution is 5.75. The van der Waals surface area contributed by atoms with Crippen LogP contribution in [0.5, 0.6) is 0 Å². The minimum Gasteiger partial charge on any atom is -0.459 e. The fourth-order valence-corrected chi connectivity index (χ4v) is 1.84. The number of methoxy groups -OCH3 is 1. The Bertz CT molecular complexity index is 261. The molecule has 1 unspecified atom stereocenters. The van der Waals surface area contributed by atoms with E-state index in [1.54, 1.807) is 7.11 Å². The Balaban J connectivity index is 2.34. The number of carbonyl (C=O) groups excluding carboxylic acids is 1. The smallest absolute Gasteiger partial charge is 0.323 e. The van der Waals surface area contributed by atoms with E-state index in [-0.39, 0.29) is 17.6 Å². The van der Waals surface area contributed by atoms with Crippen LogP contribution in [0.2, 0.25) is 0 Å². The summed E-state index contributed by atoms with van der Waals surface area (Å²) in [7, 11) is 1.74. The fraction of sp³-hybridized carbons (Fsp3) is 0.923. The molecule has 0 saturated heterocycles. The Kier molecular flexibility index (Phi) is 4.55. The molecule has 0 aliphatic heterocycles. The summed E-state index contributed by atoms with van der Waals surface area (Å²) in [4.78, 5) is 11.7. The van der Waals surface area contributed by atoms with Crippen LogP contribution in [0.4, 0.5) is 0 Å². The summed E-state index contributed by atoms with van der Waals surface area (Å²) < 4.78 is 10.8. The topological polar surface area (TPSA) is 47.6 Å². The standard InChI is InChI=1S/C13H25NO3/c1-10(11(15)17-12(2,3)4)14-9-13(16-5)7-6-8-13/h10,14H,6-9H2,1-5H3. The van der Waals surface area contributed by atoms with E-state index >= 15 is 0 Å². The molecule has 1 N–H and O–H groups in total. The van der Waals surface area contributed by atoms with Gasteiger partial charge in [0.25, 0.3) is 0 Å². The maximum Gasteiger partial charge on any atom is 0.323 e. The summed E-state index contributed by atoms with van der Waals surface area (Å²) in [5, 5.41) is 3.20. The molecule has 1 rings (SSSR count). The predicted octanol–water partition coefficient (Wildman–Crippen LogP) is 1.88. The van der Waals surface area contributed by atoms with Gasteiger partial charge in [0, 0.05) is 13.7 Å². The van der Waals surface area contributed by atoms with Crippen LogP contribution in [-0.4, -0.2) is 36.9 Å². The van der Waals surface area contributed by atoms with Crippen LogP contribution in [0, 0.1) is 0 Å². The highest BCUT2D eigenvalue weighted by Gasteiger charge is 2.37. The van der Waals surface area contributed by atoms with Crippen LogP contribution >= 0.6 is 0 Å². The lowest BCUT2D eigenvalue weighted by molar-refractivity contribution is -0.157. The Morgan fingerprint density at radius 2 is 2.00 bits per heavy atom. The van der Waals surface area contributed by atoms with Gasteiger partial charge in [0.05, 0.1) is 5.60 Å². The summed E-state index contributed by atoms with van der Waals surface area (Å²) in [5.41, 5.74) is -0.487. The third-order valence-corrected chi connectivity index (χ3v) is 3.19. The SMILES string of the molecule is COC1(CNC(C)C(=O)OC(C)(C)C)CCC1. The van der Waals surface area contributed by atoms with Crippen LogP contribution < -0.4 is 5.32 Å². The van der Waals surface area contributed by atoms with Crippen molar-refractivity contribution < 1.29 is 14.3 Å². The van der Waals surface area contributed by atoms with Gasteiger partial charge < -0.3 is 14.8 Å². The van der Waals surface area contributed by atoms with Gasteiger partial charge in [-0.25, -0.2) is 0 Å². The number of nitrogens with one attached hydrogen (secondary N) is 1. The quantitative estimate of drug-likeness (QED) is 0.749. The molecule has 0 radical (unpaired) electrons. The molecule has 100 valence electrons. The van der Waals surface area contributed by atoms with Crippen molar-refractivity contribution >= 4 is 5.97 Å². The molecular formula is C13H25NO3. The first-order chi connectivity index (χ1) is 7.78. The van der Waals surface area contributed by atoms with E-state index in [1.807, 2.05) is 27.7 Å². The molecule has 4 heteroatoms. The van der Waals surface area contributed by atoms with Crippen LogP contribution in [0.15, 0.2) is 0 Å². The summed E-state index contributed by atoms with van der Waals surface area (Å²) in [5.74, 6) is -0.205. The summed E-state index contributed by atoms with van der Waals surface area (Å²) in [6.07, 6.45) is 3.34. The molecule has 0 aromatic rings. The van der Waals surface area contributed by atoms with E-state index in [1.165, 1.54) is 6.42 Å². The fourth-order valence-electron chi connectivity index (χ4n) is 1.84. The second-order valence-electron chi connectivity index (χ2n) is 5.88. The predicted molar refractivity (Wildman–Crippen MR) is 66.9 cm³/mol. The van der Waals surface area contributed by atoms with Crippen molar-refractivity contribution in [2.45, 2.75) is 64.2 Å². The van der Waals surface area contributed by atoms with Crippen LogP contribution in [0.25, 0.3) is 0 Å². The number of ether oxygens (including phenoxy) is 2. The maximum absolute atomic E-state index is 11.7. The molecule has 0 aromatic heterocycles. The molecule has 0 bridgehead atoms. The Morgan fingerprint density at radius 3 is 2.35 bits per heavy atom. The Labute approximate surface area is 104 Å². The zero-order valence-corrected chi connectivity index (χ0v) is 11.6. The lowest BCUT2D eigenvalue weighted by Crippen LogP contribution is -2.52. The van der Waals surface area contributed by atoms with Crippen molar-refractivity contribution in [3.05, 3.63) is 0 Å². The Hall–Kier alpha value is -0.610. The van der Waals surface area contributed by atoms with E-state index in [0.717, 1.165) is 12.8 Å². The minimum atomic E-state index is -0.428. The van der Waals surface area contributed by atoms with Gasteiger partial charge in [-0.1, -0.05) is 0 Å². The molecule has 1 atom stereocenters. The van der Waals surface area contributed by atoms with E-state index in [2.05, 4.69) is 5.32 Å². The van der Waals surface area contributed by atoms with Crippen LogP contribution in [0.1, 0.15) is 47.0 Å². The van der Waals surface area contributed by atoms with Gasteiger partial charge in [-0.15, -0.1) is 0 Å². The van der Waals surface area contributed by atoms with Gasteiger partial charge in [-0.3, -0.25) is 4.79 Å². The van der Waals surface area contributed by atoms with Gasteiger partial charge in [-0.2, -0.15) is 0 Å². The minimum absolute atomic E-state index is 0.0593. The van der Waals surface area contributed by atoms with Crippen molar-refractivity contribution in [2.24, 2.45) is 0 Å². The van der Waals surface area contributed by atoms with Crippen molar-refractivity contribution in [1.82, 2.24) is 5.32 Å². The Morgan fingerprint density at radius 1 is 1.41 bits per heavy atom. The lowest BCUT2D eigenvalue weighted by Gasteiger charge is -2.41. The molecule has 0 spiro atoms. The second-order valence-corrected chi connectivity index (χ2v) is 5.88. The molecule has 0 aromatic carbocycles. The molecule has 1 fully saturated rings. The lowest BCUT2D eigenvalue weighted by atomic mass is 9.80. The van der Waals surface area contributed by atoms with Gasteiger partial charge in [0.1, 0.15) is 11.6 Å². The number of hydrogen-bond acceptors (Lipinski definition) is 4. The van der Waals surface area contributed by atoms with Gasteiger partial charge >= 0.3 is 5.97 Å². The van der Waals surface area contributed by atoms with Gasteiger partial charge in [0.2, 0.25) is 0 Å². The van der Waals surface area contributed by atoms with E-state index in [9.17, 15) is 4.79 Å². The maximum atomic E-state index is 11.7. The molecule has 1 saturated carbocycles.